The summed E-state index contributed by atoms with van der Waals surface area (Å²) in [6.07, 6.45) is 0. The molecule has 0 fully saturated rings. The molecule has 0 bridgehead atoms. The molecule has 6 heteroatoms. The molecule has 1 N–H and O–H groups in total. The molecule has 0 aliphatic carbocycles. The molecule has 3 rings (SSSR count). The maximum Gasteiger partial charge on any atom is 0.241 e. The molecule has 0 aliphatic rings. The van der Waals surface area contributed by atoms with Gasteiger partial charge in [-0.2, -0.15) is 0 Å². The molecule has 1 amide bonds. The first-order chi connectivity index (χ1) is 11.5. The minimum Gasteiger partial charge on any atom is -0.325 e. The van der Waals surface area contributed by atoms with Crippen molar-refractivity contribution in [3.63, 3.8) is 0 Å². The molecule has 24 heavy (non-hydrogen) atoms. The van der Waals surface area contributed by atoms with Gasteiger partial charge in [-0.05, 0) is 44.3 Å². The quantitative estimate of drug-likeness (QED) is 0.680. The second kappa shape index (κ2) is 7.42. The van der Waals surface area contributed by atoms with Gasteiger partial charge in [0.25, 0.3) is 0 Å². The van der Waals surface area contributed by atoms with E-state index in [0.29, 0.717) is 6.54 Å². The summed E-state index contributed by atoms with van der Waals surface area (Å²) in [6, 6.07) is 15.4. The number of benzene rings is 2. The summed E-state index contributed by atoms with van der Waals surface area (Å²) in [5, 5.41) is 3.96. The fourth-order valence-electron chi connectivity index (χ4n) is 2.35. The number of halogens is 1. The van der Waals surface area contributed by atoms with Crippen LogP contribution in [0.4, 0.5) is 5.69 Å². The van der Waals surface area contributed by atoms with Crippen LogP contribution in [0.1, 0.15) is 11.9 Å². The molecule has 4 nitrogen and oxygen atoms in total. The Balaban J connectivity index is 1.65. The van der Waals surface area contributed by atoms with Gasteiger partial charge in [-0.25, -0.2) is 4.98 Å². The Hall–Kier alpha value is -1.76. The van der Waals surface area contributed by atoms with Crippen molar-refractivity contribution >= 4 is 49.1 Å². The molecule has 1 atom stereocenters. The lowest BCUT2D eigenvalue weighted by molar-refractivity contribution is -0.120. The number of amides is 1. The number of likely N-dealkylation sites (N-methyl/N-ethyl adjacent to an activating group) is 1. The molecule has 2 aromatic carbocycles. The predicted octanol–water partition coefficient (Wildman–Crippen LogP) is 4.52. The van der Waals surface area contributed by atoms with E-state index in [1.165, 1.54) is 4.70 Å². The Kier molecular flexibility index (Phi) is 5.28. The molecule has 1 aromatic heterocycles. The van der Waals surface area contributed by atoms with Crippen LogP contribution in [0.15, 0.2) is 53.0 Å². The number of hydrogen-bond acceptors (Lipinski definition) is 4. The Morgan fingerprint density at radius 2 is 2.08 bits per heavy atom. The Morgan fingerprint density at radius 1 is 1.29 bits per heavy atom. The van der Waals surface area contributed by atoms with E-state index in [1.807, 2.05) is 61.3 Å². The van der Waals surface area contributed by atoms with Gasteiger partial charge in [0.15, 0.2) is 0 Å². The largest absolute Gasteiger partial charge is 0.325 e. The molecule has 0 aliphatic heterocycles. The van der Waals surface area contributed by atoms with Crippen molar-refractivity contribution in [2.75, 3.05) is 12.4 Å². The maximum absolute atomic E-state index is 12.4. The van der Waals surface area contributed by atoms with Gasteiger partial charge in [0.2, 0.25) is 5.91 Å². The highest BCUT2D eigenvalue weighted by Crippen LogP contribution is 2.23. The van der Waals surface area contributed by atoms with Gasteiger partial charge < -0.3 is 5.32 Å². The molecular formula is C18H18BrN3OS. The predicted molar refractivity (Wildman–Crippen MR) is 103 cm³/mol. The molecule has 1 heterocycles. The third-order valence-electron chi connectivity index (χ3n) is 3.86. The van der Waals surface area contributed by atoms with Crippen LogP contribution in [0, 0.1) is 0 Å². The van der Waals surface area contributed by atoms with Gasteiger partial charge in [0.05, 0.1) is 22.8 Å². The van der Waals surface area contributed by atoms with E-state index < -0.39 is 0 Å². The number of rotatable bonds is 5. The number of anilines is 1. The summed E-state index contributed by atoms with van der Waals surface area (Å²) in [4.78, 5) is 19.1. The SMILES string of the molecule is C[C@H](C(=O)Nc1cccc(Br)c1)N(C)Cc1nc2ccccc2s1. The first kappa shape index (κ1) is 17.1. The summed E-state index contributed by atoms with van der Waals surface area (Å²) in [5.41, 5.74) is 1.80. The summed E-state index contributed by atoms with van der Waals surface area (Å²) < 4.78 is 2.11. The van der Waals surface area contributed by atoms with Gasteiger partial charge in [-0.15, -0.1) is 11.3 Å². The summed E-state index contributed by atoms with van der Waals surface area (Å²) in [6.45, 7) is 2.55. The molecule has 0 unspecified atom stereocenters. The van der Waals surface area contributed by atoms with Crippen molar-refractivity contribution in [3.05, 3.63) is 58.0 Å². The monoisotopic (exact) mass is 403 g/mol. The number of para-hydroxylation sites is 1. The van der Waals surface area contributed by atoms with E-state index in [4.69, 9.17) is 0 Å². The molecular weight excluding hydrogens is 386 g/mol. The van der Waals surface area contributed by atoms with Crippen LogP contribution >= 0.6 is 27.3 Å². The van der Waals surface area contributed by atoms with Crippen molar-refractivity contribution in [2.24, 2.45) is 0 Å². The Bertz CT molecular complexity index is 831. The zero-order valence-corrected chi connectivity index (χ0v) is 15.9. The standard InChI is InChI=1S/C18H18BrN3OS/c1-12(18(23)20-14-7-5-6-13(19)10-14)22(2)11-17-21-15-8-3-4-9-16(15)24-17/h3-10,12H,11H2,1-2H3,(H,20,23)/t12-/m1/s1. The summed E-state index contributed by atoms with van der Waals surface area (Å²) >= 11 is 5.08. The van der Waals surface area contributed by atoms with E-state index in [9.17, 15) is 4.79 Å². The van der Waals surface area contributed by atoms with Crippen LogP contribution in [0.5, 0.6) is 0 Å². The zero-order chi connectivity index (χ0) is 17.1. The third kappa shape index (κ3) is 4.01. The summed E-state index contributed by atoms with van der Waals surface area (Å²) in [5.74, 6) is -0.0308. The van der Waals surface area contributed by atoms with Crippen LogP contribution in [0.2, 0.25) is 0 Å². The van der Waals surface area contributed by atoms with Crippen LogP contribution in [0.25, 0.3) is 10.2 Å². The van der Waals surface area contributed by atoms with Gasteiger partial charge >= 0.3 is 0 Å². The fourth-order valence-corrected chi connectivity index (χ4v) is 3.78. The third-order valence-corrected chi connectivity index (χ3v) is 5.37. The Labute approximate surface area is 153 Å². The number of hydrogen-bond donors (Lipinski definition) is 1. The van der Waals surface area contributed by atoms with Crippen LogP contribution in [0.3, 0.4) is 0 Å². The first-order valence-corrected chi connectivity index (χ1v) is 9.25. The number of thiazole rings is 1. The molecule has 0 saturated carbocycles. The zero-order valence-electron chi connectivity index (χ0n) is 13.5. The Morgan fingerprint density at radius 3 is 2.83 bits per heavy atom. The maximum atomic E-state index is 12.4. The van der Waals surface area contributed by atoms with Gasteiger partial charge in [0.1, 0.15) is 5.01 Å². The number of carbonyl (C=O) groups excluding carboxylic acids is 1. The summed E-state index contributed by atoms with van der Waals surface area (Å²) in [7, 11) is 1.94. The smallest absolute Gasteiger partial charge is 0.241 e. The molecule has 0 saturated heterocycles. The van der Waals surface area contributed by atoms with E-state index in [-0.39, 0.29) is 11.9 Å². The minimum atomic E-state index is -0.254. The van der Waals surface area contributed by atoms with Crippen molar-refractivity contribution < 1.29 is 4.79 Å². The normalized spacial score (nSPS) is 12.5. The average Bonchev–Trinajstić information content (AvgIpc) is 2.96. The average molecular weight is 404 g/mol. The molecule has 0 radical (unpaired) electrons. The van der Waals surface area contributed by atoms with Crippen LogP contribution in [-0.4, -0.2) is 28.9 Å². The van der Waals surface area contributed by atoms with Crippen LogP contribution in [-0.2, 0) is 11.3 Å². The second-order valence-electron chi connectivity index (χ2n) is 5.67. The van der Waals surface area contributed by atoms with E-state index >= 15 is 0 Å². The number of aromatic nitrogens is 1. The van der Waals surface area contributed by atoms with Gasteiger partial charge in [-0.3, -0.25) is 9.69 Å². The van der Waals surface area contributed by atoms with E-state index in [2.05, 4.69) is 32.3 Å². The van der Waals surface area contributed by atoms with Crippen LogP contribution < -0.4 is 5.32 Å². The van der Waals surface area contributed by atoms with E-state index in [1.54, 1.807) is 11.3 Å². The minimum absolute atomic E-state index is 0.0308. The van der Waals surface area contributed by atoms with Crippen molar-refractivity contribution in [1.82, 2.24) is 9.88 Å². The molecule has 0 spiro atoms. The fraction of sp³-hybridized carbons (Fsp3) is 0.222. The topological polar surface area (TPSA) is 45.2 Å². The highest BCUT2D eigenvalue weighted by Gasteiger charge is 2.19. The number of carbonyl (C=O) groups is 1. The van der Waals surface area contributed by atoms with E-state index in [0.717, 1.165) is 20.7 Å². The lowest BCUT2D eigenvalue weighted by Crippen LogP contribution is -2.39. The second-order valence-corrected chi connectivity index (χ2v) is 7.70. The lowest BCUT2D eigenvalue weighted by Gasteiger charge is -2.22. The van der Waals surface area contributed by atoms with Gasteiger partial charge in [0, 0.05) is 10.2 Å². The highest BCUT2D eigenvalue weighted by atomic mass is 79.9. The first-order valence-electron chi connectivity index (χ1n) is 7.64. The number of nitrogens with zero attached hydrogens (tertiary/aromatic N) is 2. The lowest BCUT2D eigenvalue weighted by atomic mass is 10.2. The number of fused-ring (bicyclic) bond motifs is 1. The number of nitrogens with one attached hydrogen (secondary N) is 1. The van der Waals surface area contributed by atoms with Gasteiger partial charge in [-0.1, -0.05) is 34.1 Å². The van der Waals surface area contributed by atoms with Crippen molar-refractivity contribution in [3.8, 4) is 0 Å². The highest BCUT2D eigenvalue weighted by molar-refractivity contribution is 9.10. The molecule has 3 aromatic rings. The van der Waals surface area contributed by atoms with Crippen molar-refractivity contribution in [1.29, 1.82) is 0 Å². The molecule has 124 valence electrons. The van der Waals surface area contributed by atoms with Crippen molar-refractivity contribution in [2.45, 2.75) is 19.5 Å².